The van der Waals surface area contributed by atoms with Gasteiger partial charge in [-0.05, 0) is 11.6 Å². The number of nitrogens with one attached hydrogen (secondary N) is 1. The number of aromatic nitrogens is 4. The molecule has 0 radical (unpaired) electrons. The summed E-state index contributed by atoms with van der Waals surface area (Å²) in [5.41, 5.74) is 4.39. The molecule has 0 saturated carbocycles. The molecule has 5 aromatic rings. The van der Waals surface area contributed by atoms with Gasteiger partial charge in [-0.15, -0.1) is 11.3 Å². The molecule has 3 aromatic heterocycles. The fraction of sp³-hybridized carbons (Fsp3) is 0.0870. The van der Waals surface area contributed by atoms with Gasteiger partial charge in [-0.1, -0.05) is 60.7 Å². The zero-order chi connectivity index (χ0) is 19.6. The molecule has 0 spiro atoms. The van der Waals surface area contributed by atoms with E-state index >= 15 is 0 Å². The van der Waals surface area contributed by atoms with Crippen molar-refractivity contribution >= 4 is 27.4 Å². The molecule has 0 aliphatic rings. The Kier molecular flexibility index (Phi) is 4.54. The second kappa shape index (κ2) is 7.48. The molecular weight excluding hydrogens is 378 g/mol. The normalized spacial score (nSPS) is 11.1. The molecule has 0 fully saturated rings. The first-order valence-electron chi connectivity index (χ1n) is 9.39. The molecule has 29 heavy (non-hydrogen) atoms. The predicted molar refractivity (Wildman–Crippen MR) is 119 cm³/mol. The molecule has 0 bridgehead atoms. The lowest BCUT2D eigenvalue weighted by Crippen LogP contribution is -2.01. The van der Waals surface area contributed by atoms with Gasteiger partial charge in [0.15, 0.2) is 0 Å². The van der Waals surface area contributed by atoms with Crippen LogP contribution in [0, 0.1) is 0 Å². The molecular formula is C23H19N5S. The lowest BCUT2D eigenvalue weighted by atomic mass is 10.1. The van der Waals surface area contributed by atoms with E-state index in [0.29, 0.717) is 0 Å². The maximum atomic E-state index is 4.65. The van der Waals surface area contributed by atoms with Gasteiger partial charge in [0, 0.05) is 19.2 Å². The highest BCUT2D eigenvalue weighted by Crippen LogP contribution is 2.39. The lowest BCUT2D eigenvalue weighted by molar-refractivity contribution is 0.923. The van der Waals surface area contributed by atoms with Crippen LogP contribution in [0.2, 0.25) is 0 Å². The van der Waals surface area contributed by atoms with Crippen molar-refractivity contribution in [3.63, 3.8) is 0 Å². The number of thiophene rings is 1. The molecule has 5 rings (SSSR count). The van der Waals surface area contributed by atoms with E-state index in [1.165, 1.54) is 5.56 Å². The summed E-state index contributed by atoms with van der Waals surface area (Å²) < 4.78 is 2.07. The van der Waals surface area contributed by atoms with Gasteiger partial charge < -0.3 is 9.88 Å². The largest absolute Gasteiger partial charge is 0.365 e. The number of imidazole rings is 1. The summed E-state index contributed by atoms with van der Waals surface area (Å²) in [6.45, 7) is 0.721. The van der Waals surface area contributed by atoms with Crippen LogP contribution < -0.4 is 5.32 Å². The second-order valence-corrected chi connectivity index (χ2v) is 7.84. The molecule has 0 amide bonds. The van der Waals surface area contributed by atoms with Crippen molar-refractivity contribution in [1.82, 2.24) is 19.5 Å². The van der Waals surface area contributed by atoms with E-state index in [4.69, 9.17) is 0 Å². The van der Waals surface area contributed by atoms with Crippen molar-refractivity contribution in [2.45, 2.75) is 6.54 Å². The van der Waals surface area contributed by atoms with Gasteiger partial charge in [-0.2, -0.15) is 0 Å². The number of hydrogen-bond donors (Lipinski definition) is 1. The van der Waals surface area contributed by atoms with E-state index in [1.807, 2.05) is 49.8 Å². The predicted octanol–water partition coefficient (Wildman–Crippen LogP) is 5.37. The standard InChI is InChI=1S/C23H19N5S/c1-28-15-27-20(17-10-6-3-7-11-17)21(28)19-12-18-22(25-14-26-23(18)29-19)24-13-16-8-4-2-5-9-16/h2-12,14-15H,13H2,1H3,(H,24,25,26). The third-order valence-corrected chi connectivity index (χ3v) is 5.90. The van der Waals surface area contributed by atoms with Crippen molar-refractivity contribution in [2.75, 3.05) is 5.32 Å². The molecule has 0 saturated heterocycles. The third-order valence-electron chi connectivity index (χ3n) is 4.85. The Labute approximate surface area is 172 Å². The van der Waals surface area contributed by atoms with Crippen molar-refractivity contribution < 1.29 is 0 Å². The summed E-state index contributed by atoms with van der Waals surface area (Å²) in [5, 5.41) is 4.49. The molecule has 5 nitrogen and oxygen atoms in total. The topological polar surface area (TPSA) is 55.6 Å². The Bertz CT molecular complexity index is 1260. The molecule has 0 atom stereocenters. The van der Waals surface area contributed by atoms with Gasteiger partial charge in [0.1, 0.15) is 17.0 Å². The Hall–Kier alpha value is -3.51. The summed E-state index contributed by atoms with van der Waals surface area (Å²) in [5.74, 6) is 0.852. The summed E-state index contributed by atoms with van der Waals surface area (Å²) in [7, 11) is 2.03. The minimum atomic E-state index is 0.721. The first-order valence-corrected chi connectivity index (χ1v) is 10.2. The monoisotopic (exact) mass is 397 g/mol. The molecule has 2 aromatic carbocycles. The van der Waals surface area contributed by atoms with Crippen LogP contribution in [-0.4, -0.2) is 19.5 Å². The Morgan fingerprint density at radius 2 is 1.69 bits per heavy atom. The number of aryl methyl sites for hydroxylation is 1. The molecule has 6 heteroatoms. The van der Waals surface area contributed by atoms with E-state index < -0.39 is 0 Å². The number of rotatable bonds is 5. The minimum absolute atomic E-state index is 0.721. The van der Waals surface area contributed by atoms with E-state index in [9.17, 15) is 0 Å². The SMILES string of the molecule is Cn1cnc(-c2ccccc2)c1-c1cc2c(NCc3ccccc3)ncnc2s1. The number of anilines is 1. The molecule has 142 valence electrons. The van der Waals surface area contributed by atoms with Gasteiger partial charge in [0.2, 0.25) is 0 Å². The molecule has 0 aliphatic carbocycles. The smallest absolute Gasteiger partial charge is 0.138 e. The van der Waals surface area contributed by atoms with Crippen LogP contribution in [0.25, 0.3) is 32.0 Å². The van der Waals surface area contributed by atoms with Crippen LogP contribution in [0.4, 0.5) is 5.82 Å². The first-order chi connectivity index (χ1) is 14.3. The Balaban J connectivity index is 1.54. The van der Waals surface area contributed by atoms with Crippen LogP contribution in [0.1, 0.15) is 5.56 Å². The fourth-order valence-corrected chi connectivity index (χ4v) is 4.51. The Morgan fingerprint density at radius 1 is 0.931 bits per heavy atom. The van der Waals surface area contributed by atoms with Crippen molar-refractivity contribution in [3.8, 4) is 21.8 Å². The van der Waals surface area contributed by atoms with E-state index in [1.54, 1.807) is 17.7 Å². The van der Waals surface area contributed by atoms with Gasteiger partial charge >= 0.3 is 0 Å². The second-order valence-electron chi connectivity index (χ2n) is 6.81. The first kappa shape index (κ1) is 17.6. The summed E-state index contributed by atoms with van der Waals surface area (Å²) >= 11 is 1.66. The maximum Gasteiger partial charge on any atom is 0.138 e. The van der Waals surface area contributed by atoms with E-state index in [-0.39, 0.29) is 0 Å². The number of fused-ring (bicyclic) bond motifs is 1. The zero-order valence-electron chi connectivity index (χ0n) is 15.9. The van der Waals surface area contributed by atoms with Crippen LogP contribution in [0.5, 0.6) is 0 Å². The molecule has 3 heterocycles. The summed E-state index contributed by atoms with van der Waals surface area (Å²) in [6.07, 6.45) is 3.49. The highest BCUT2D eigenvalue weighted by Gasteiger charge is 2.17. The Morgan fingerprint density at radius 3 is 2.48 bits per heavy atom. The lowest BCUT2D eigenvalue weighted by Gasteiger charge is -2.06. The number of hydrogen-bond acceptors (Lipinski definition) is 5. The minimum Gasteiger partial charge on any atom is -0.365 e. The van der Waals surface area contributed by atoms with Gasteiger partial charge in [-0.3, -0.25) is 0 Å². The van der Waals surface area contributed by atoms with Crippen molar-refractivity contribution in [3.05, 3.63) is 84.9 Å². The average Bonchev–Trinajstić information content (AvgIpc) is 3.37. The number of benzene rings is 2. The van der Waals surface area contributed by atoms with Crippen LogP contribution in [-0.2, 0) is 13.6 Å². The average molecular weight is 398 g/mol. The number of nitrogens with zero attached hydrogens (tertiary/aromatic N) is 4. The third kappa shape index (κ3) is 3.39. The summed E-state index contributed by atoms with van der Waals surface area (Å²) in [4.78, 5) is 15.7. The van der Waals surface area contributed by atoms with Gasteiger partial charge in [0.05, 0.1) is 28.0 Å². The van der Waals surface area contributed by atoms with Gasteiger partial charge in [0.25, 0.3) is 0 Å². The molecule has 0 aliphatic heterocycles. The van der Waals surface area contributed by atoms with Crippen molar-refractivity contribution in [1.29, 1.82) is 0 Å². The zero-order valence-corrected chi connectivity index (χ0v) is 16.7. The quantitative estimate of drug-likeness (QED) is 0.433. The maximum absolute atomic E-state index is 4.65. The van der Waals surface area contributed by atoms with Crippen LogP contribution >= 0.6 is 11.3 Å². The fourth-order valence-electron chi connectivity index (χ4n) is 3.42. The van der Waals surface area contributed by atoms with Gasteiger partial charge in [-0.25, -0.2) is 15.0 Å². The highest BCUT2D eigenvalue weighted by molar-refractivity contribution is 7.21. The summed E-state index contributed by atoms with van der Waals surface area (Å²) in [6, 6.07) is 22.8. The molecule has 1 N–H and O–H groups in total. The highest BCUT2D eigenvalue weighted by atomic mass is 32.1. The van der Waals surface area contributed by atoms with Crippen LogP contribution in [0.15, 0.2) is 79.4 Å². The van der Waals surface area contributed by atoms with Crippen molar-refractivity contribution in [2.24, 2.45) is 7.05 Å². The van der Waals surface area contributed by atoms with Crippen LogP contribution in [0.3, 0.4) is 0 Å². The van der Waals surface area contributed by atoms with E-state index in [0.717, 1.165) is 44.4 Å². The van der Waals surface area contributed by atoms with E-state index in [2.05, 4.69) is 55.2 Å². The molecule has 0 unspecified atom stereocenters.